The molecule has 0 saturated heterocycles. The van der Waals surface area contributed by atoms with Gasteiger partial charge in [-0.15, -0.1) is 0 Å². The second kappa shape index (κ2) is 9.11. The van der Waals surface area contributed by atoms with Gasteiger partial charge in [0.2, 0.25) is 0 Å². The zero-order valence-corrected chi connectivity index (χ0v) is 18.4. The number of ketones is 1. The topological polar surface area (TPSA) is 34.9 Å². The summed E-state index contributed by atoms with van der Waals surface area (Å²) in [5.41, 5.74) is 5.23. The molecule has 0 atom stereocenters. The Labute approximate surface area is 187 Å². The first-order chi connectivity index (χ1) is 15.3. The van der Waals surface area contributed by atoms with E-state index in [0.717, 1.165) is 27.4 Å². The van der Waals surface area contributed by atoms with Crippen molar-refractivity contribution >= 4 is 28.6 Å². The molecule has 3 nitrogen and oxygen atoms in total. The van der Waals surface area contributed by atoms with E-state index in [-0.39, 0.29) is 5.78 Å². The molecule has 0 N–H and O–H groups in total. The van der Waals surface area contributed by atoms with Crippen LogP contribution in [0, 0.1) is 0 Å². The summed E-state index contributed by atoms with van der Waals surface area (Å²) in [7, 11) is 0. The Balaban J connectivity index is 1.34. The van der Waals surface area contributed by atoms with E-state index in [9.17, 15) is 4.79 Å². The minimum atomic E-state index is 0.145. The normalized spacial score (nSPS) is 14.7. The standard InChI is InChI=1S/C27H26N2OS/c30-26(22-17-15-21(16-18-22)20-9-3-1-4-10-20)19-31-27-28-24-13-7-8-14-25(24)29(27)23-11-5-2-6-12-23/h2,5-8,11-18,20H,1,3-4,9-10,19H2. The van der Waals surface area contributed by atoms with Gasteiger partial charge in [-0.05, 0) is 48.6 Å². The number of thioether (sulfide) groups is 1. The molecule has 4 heteroatoms. The Morgan fingerprint density at radius 3 is 2.35 bits per heavy atom. The van der Waals surface area contributed by atoms with Crippen LogP contribution in [0.1, 0.15) is 53.9 Å². The molecule has 0 spiro atoms. The molecule has 0 amide bonds. The summed E-state index contributed by atoms with van der Waals surface area (Å²) in [6.07, 6.45) is 6.56. The summed E-state index contributed by atoms with van der Waals surface area (Å²) in [5.74, 6) is 1.18. The SMILES string of the molecule is O=C(CSc1nc2ccccc2n1-c1ccccc1)c1ccc(C2CCCCC2)cc1. The van der Waals surface area contributed by atoms with Gasteiger partial charge in [-0.25, -0.2) is 4.98 Å². The number of hydrogen-bond acceptors (Lipinski definition) is 3. The third-order valence-corrected chi connectivity index (χ3v) is 7.12. The van der Waals surface area contributed by atoms with Crippen molar-refractivity contribution in [2.24, 2.45) is 0 Å². The number of carbonyl (C=O) groups excluding carboxylic acids is 1. The van der Waals surface area contributed by atoms with Crippen molar-refractivity contribution in [2.75, 3.05) is 5.75 Å². The average molecular weight is 427 g/mol. The predicted octanol–water partition coefficient (Wildman–Crippen LogP) is 7.05. The minimum absolute atomic E-state index is 0.145. The number of aromatic nitrogens is 2. The maximum Gasteiger partial charge on any atom is 0.174 e. The van der Waals surface area contributed by atoms with Crippen LogP contribution in [-0.2, 0) is 0 Å². The lowest BCUT2D eigenvalue weighted by molar-refractivity contribution is 0.102. The highest BCUT2D eigenvalue weighted by atomic mass is 32.2. The van der Waals surface area contributed by atoms with Gasteiger partial charge in [0.05, 0.1) is 16.8 Å². The van der Waals surface area contributed by atoms with E-state index in [1.165, 1.54) is 49.4 Å². The molecule has 1 aromatic heterocycles. The Morgan fingerprint density at radius 1 is 0.871 bits per heavy atom. The first-order valence-electron chi connectivity index (χ1n) is 11.1. The van der Waals surface area contributed by atoms with Crippen LogP contribution in [0.5, 0.6) is 0 Å². The van der Waals surface area contributed by atoms with Gasteiger partial charge in [-0.2, -0.15) is 0 Å². The number of benzene rings is 3. The van der Waals surface area contributed by atoms with Gasteiger partial charge in [0.1, 0.15) is 0 Å². The summed E-state index contributed by atoms with van der Waals surface area (Å²) in [5, 5.41) is 0.847. The Hall–Kier alpha value is -2.85. The molecule has 1 saturated carbocycles. The molecule has 0 unspecified atom stereocenters. The number of nitrogens with zero attached hydrogens (tertiary/aromatic N) is 2. The lowest BCUT2D eigenvalue weighted by atomic mass is 9.84. The van der Waals surface area contributed by atoms with Crippen molar-refractivity contribution in [1.29, 1.82) is 0 Å². The van der Waals surface area contributed by atoms with E-state index >= 15 is 0 Å². The van der Waals surface area contributed by atoms with Crippen LogP contribution < -0.4 is 0 Å². The Morgan fingerprint density at radius 2 is 1.58 bits per heavy atom. The van der Waals surface area contributed by atoms with Crippen molar-refractivity contribution in [3.63, 3.8) is 0 Å². The van der Waals surface area contributed by atoms with E-state index in [0.29, 0.717) is 11.7 Å². The minimum Gasteiger partial charge on any atom is -0.293 e. The molecule has 1 aliphatic rings. The smallest absolute Gasteiger partial charge is 0.174 e. The monoisotopic (exact) mass is 426 g/mol. The third kappa shape index (κ3) is 4.31. The molecule has 0 radical (unpaired) electrons. The third-order valence-electron chi connectivity index (χ3n) is 6.19. The van der Waals surface area contributed by atoms with Gasteiger partial charge in [-0.3, -0.25) is 9.36 Å². The summed E-state index contributed by atoms with van der Waals surface area (Å²) >= 11 is 1.51. The molecule has 156 valence electrons. The van der Waals surface area contributed by atoms with Crippen molar-refractivity contribution in [2.45, 2.75) is 43.2 Å². The number of para-hydroxylation sites is 3. The van der Waals surface area contributed by atoms with E-state index in [1.807, 2.05) is 48.5 Å². The van der Waals surface area contributed by atoms with E-state index in [4.69, 9.17) is 4.98 Å². The van der Waals surface area contributed by atoms with Gasteiger partial charge in [0.15, 0.2) is 10.9 Å². The number of imidazole rings is 1. The maximum absolute atomic E-state index is 12.9. The van der Waals surface area contributed by atoms with Gasteiger partial charge in [0, 0.05) is 11.3 Å². The lowest BCUT2D eigenvalue weighted by Crippen LogP contribution is -2.07. The number of fused-ring (bicyclic) bond motifs is 1. The summed E-state index contributed by atoms with van der Waals surface area (Å²) < 4.78 is 2.14. The van der Waals surface area contributed by atoms with E-state index in [2.05, 4.69) is 34.9 Å². The van der Waals surface area contributed by atoms with Crippen LogP contribution in [0.4, 0.5) is 0 Å². The largest absolute Gasteiger partial charge is 0.293 e. The second-order valence-electron chi connectivity index (χ2n) is 8.22. The molecule has 0 aliphatic heterocycles. The fourth-order valence-electron chi connectivity index (χ4n) is 4.52. The van der Waals surface area contributed by atoms with Crippen LogP contribution in [0.25, 0.3) is 16.7 Å². The van der Waals surface area contributed by atoms with Crippen molar-refractivity contribution in [3.8, 4) is 5.69 Å². The van der Waals surface area contributed by atoms with Crippen molar-refractivity contribution in [3.05, 3.63) is 90.0 Å². The highest BCUT2D eigenvalue weighted by Gasteiger charge is 2.17. The van der Waals surface area contributed by atoms with Crippen molar-refractivity contribution < 1.29 is 4.79 Å². The van der Waals surface area contributed by atoms with Gasteiger partial charge >= 0.3 is 0 Å². The summed E-state index contributed by atoms with van der Waals surface area (Å²) in [6, 6.07) is 26.7. The fraction of sp³-hybridized carbons (Fsp3) is 0.259. The van der Waals surface area contributed by atoms with Gasteiger partial charge in [0.25, 0.3) is 0 Å². The summed E-state index contributed by atoms with van der Waals surface area (Å²) in [4.78, 5) is 17.7. The Kier molecular flexibility index (Phi) is 5.90. The molecule has 1 aliphatic carbocycles. The van der Waals surface area contributed by atoms with Gasteiger partial charge in [-0.1, -0.05) is 85.6 Å². The maximum atomic E-state index is 12.9. The fourth-order valence-corrected chi connectivity index (χ4v) is 5.44. The zero-order chi connectivity index (χ0) is 21.0. The average Bonchev–Trinajstić information content (AvgIpc) is 3.22. The molecular weight excluding hydrogens is 400 g/mol. The molecule has 1 heterocycles. The van der Waals surface area contributed by atoms with E-state index < -0.39 is 0 Å². The first-order valence-corrected chi connectivity index (χ1v) is 12.1. The number of rotatable bonds is 6. The zero-order valence-electron chi connectivity index (χ0n) is 17.5. The lowest BCUT2D eigenvalue weighted by Gasteiger charge is -2.22. The summed E-state index contributed by atoms with van der Waals surface area (Å²) in [6.45, 7) is 0. The highest BCUT2D eigenvalue weighted by molar-refractivity contribution is 7.99. The van der Waals surface area contributed by atoms with Crippen LogP contribution in [0.15, 0.2) is 84.0 Å². The quantitative estimate of drug-likeness (QED) is 0.245. The second-order valence-corrected chi connectivity index (χ2v) is 9.17. The van der Waals surface area contributed by atoms with Crippen LogP contribution in [-0.4, -0.2) is 21.1 Å². The molecule has 4 aromatic rings. The number of carbonyl (C=O) groups is 1. The van der Waals surface area contributed by atoms with Crippen LogP contribution >= 0.6 is 11.8 Å². The first kappa shape index (κ1) is 20.1. The number of Topliss-reactive ketones (excluding diaryl/α,β-unsaturated/α-hetero) is 1. The number of hydrogen-bond donors (Lipinski definition) is 0. The van der Waals surface area contributed by atoms with Gasteiger partial charge < -0.3 is 0 Å². The Bertz CT molecular complexity index is 1180. The van der Waals surface area contributed by atoms with Crippen molar-refractivity contribution in [1.82, 2.24) is 9.55 Å². The molecule has 0 bridgehead atoms. The predicted molar refractivity (Wildman–Crippen MR) is 128 cm³/mol. The van der Waals surface area contributed by atoms with Crippen LogP contribution in [0.3, 0.4) is 0 Å². The highest BCUT2D eigenvalue weighted by Crippen LogP contribution is 2.33. The van der Waals surface area contributed by atoms with Crippen LogP contribution in [0.2, 0.25) is 0 Å². The molecular formula is C27H26N2OS. The molecule has 1 fully saturated rings. The molecule has 3 aromatic carbocycles. The van der Waals surface area contributed by atoms with E-state index in [1.54, 1.807) is 0 Å². The molecule has 5 rings (SSSR count). The molecule has 31 heavy (non-hydrogen) atoms.